The molecule has 3 heterocycles. The summed E-state index contributed by atoms with van der Waals surface area (Å²) in [5.74, 6) is -3.63. The molecule has 0 radical (unpaired) electrons. The molecule has 12 nitrogen and oxygen atoms in total. The first-order valence-corrected chi connectivity index (χ1v) is 13.4. The van der Waals surface area contributed by atoms with Gasteiger partial charge in [-0.1, -0.05) is 31.5 Å². The molecule has 6 amide bonds. The molecule has 3 N–H and O–H groups in total. The second-order valence-corrected chi connectivity index (χ2v) is 11.8. The van der Waals surface area contributed by atoms with Crippen LogP contribution in [0.1, 0.15) is 39.2 Å². The maximum Gasteiger partial charge on any atom is 0.329 e. The van der Waals surface area contributed by atoms with Crippen LogP contribution < -0.4 is 10.6 Å². The van der Waals surface area contributed by atoms with Gasteiger partial charge in [0.05, 0.1) is 6.42 Å². The van der Waals surface area contributed by atoms with E-state index in [0.29, 0.717) is 17.8 Å². The summed E-state index contributed by atoms with van der Waals surface area (Å²) in [7, 11) is 0. The number of carbonyl (C=O) groups excluding carboxylic acids is 5. The quantitative estimate of drug-likeness (QED) is 0.321. The Bertz CT molecular complexity index is 1190. The van der Waals surface area contributed by atoms with Crippen LogP contribution >= 0.6 is 11.8 Å². The van der Waals surface area contributed by atoms with Gasteiger partial charge in [-0.25, -0.2) is 9.59 Å². The van der Waals surface area contributed by atoms with Gasteiger partial charge in [-0.05, 0) is 31.9 Å². The number of hydrogen-bond acceptors (Lipinski definition) is 7. The molecule has 0 aromatic heterocycles. The number of anilines is 1. The average molecular weight is 546 g/mol. The smallest absolute Gasteiger partial charge is 0.329 e. The molecule has 13 heteroatoms. The number of aliphatic carboxylic acids is 1. The van der Waals surface area contributed by atoms with E-state index in [9.17, 15) is 33.9 Å². The minimum Gasteiger partial charge on any atom is -0.480 e. The lowest BCUT2D eigenvalue weighted by molar-refractivity contribution is -0.161. The second-order valence-electron chi connectivity index (χ2n) is 10.0. The number of thioether (sulfide) groups is 1. The van der Waals surface area contributed by atoms with Gasteiger partial charge in [0.25, 0.3) is 0 Å². The molecule has 0 aliphatic carbocycles. The number of hydrogen-bond donors (Lipinski definition) is 3. The van der Waals surface area contributed by atoms with Gasteiger partial charge in [-0.2, -0.15) is 0 Å². The van der Waals surface area contributed by atoms with Crippen LogP contribution in [0, 0.1) is 0 Å². The summed E-state index contributed by atoms with van der Waals surface area (Å²) < 4.78 is -0.706. The van der Waals surface area contributed by atoms with Crippen LogP contribution in [0.5, 0.6) is 0 Å². The summed E-state index contributed by atoms with van der Waals surface area (Å²) in [5.41, 5.74) is 0.746. The SMILES string of the molecule is CCCCN1CCN(C(=O)Nc2ccccc2CC(=O)NC2C(=O)N3[C@@H]2SC(C)(C)[C@@H]3C(=O)O)C(=O)C1=O. The number of β-lactam (4-membered cyclic amide) rings is 1. The molecule has 3 aliphatic rings. The van der Waals surface area contributed by atoms with Gasteiger partial charge in [-0.15, -0.1) is 11.8 Å². The van der Waals surface area contributed by atoms with Crippen molar-refractivity contribution in [2.45, 2.75) is 62.2 Å². The molecule has 204 valence electrons. The van der Waals surface area contributed by atoms with Crippen molar-refractivity contribution in [3.8, 4) is 0 Å². The Morgan fingerprint density at radius 2 is 1.82 bits per heavy atom. The summed E-state index contributed by atoms with van der Waals surface area (Å²) in [6, 6.07) is 3.97. The van der Waals surface area contributed by atoms with Crippen molar-refractivity contribution in [1.29, 1.82) is 0 Å². The van der Waals surface area contributed by atoms with E-state index in [4.69, 9.17) is 0 Å². The Morgan fingerprint density at radius 1 is 1.11 bits per heavy atom. The predicted molar refractivity (Wildman–Crippen MR) is 138 cm³/mol. The first-order chi connectivity index (χ1) is 18.0. The molecule has 4 rings (SSSR count). The third kappa shape index (κ3) is 5.06. The number of carbonyl (C=O) groups is 6. The highest BCUT2D eigenvalue weighted by Crippen LogP contribution is 2.50. The van der Waals surface area contributed by atoms with E-state index in [1.807, 2.05) is 6.92 Å². The third-order valence-corrected chi connectivity index (χ3v) is 8.51. The van der Waals surface area contributed by atoms with E-state index in [2.05, 4.69) is 10.6 Å². The number of urea groups is 1. The number of nitrogens with one attached hydrogen (secondary N) is 2. The van der Waals surface area contributed by atoms with Crippen LogP contribution in [0.2, 0.25) is 0 Å². The zero-order valence-electron chi connectivity index (χ0n) is 21.4. The average Bonchev–Trinajstić information content (AvgIpc) is 3.12. The Hall–Kier alpha value is -3.61. The molecule has 38 heavy (non-hydrogen) atoms. The predicted octanol–water partition coefficient (Wildman–Crippen LogP) is 0.864. The topological polar surface area (TPSA) is 156 Å². The lowest BCUT2D eigenvalue weighted by Crippen LogP contribution is -2.70. The number of rotatable bonds is 8. The zero-order valence-corrected chi connectivity index (χ0v) is 22.2. The lowest BCUT2D eigenvalue weighted by Gasteiger charge is -2.43. The van der Waals surface area contributed by atoms with Crippen molar-refractivity contribution in [1.82, 2.24) is 20.0 Å². The van der Waals surface area contributed by atoms with Crippen LogP contribution in [0.3, 0.4) is 0 Å². The number of carboxylic acid groups (broad SMARTS) is 1. The van der Waals surface area contributed by atoms with Crippen LogP contribution in [-0.2, 0) is 30.4 Å². The van der Waals surface area contributed by atoms with Gasteiger partial charge in [-0.3, -0.25) is 24.1 Å². The molecule has 0 spiro atoms. The fourth-order valence-electron chi connectivity index (χ4n) is 4.95. The highest BCUT2D eigenvalue weighted by molar-refractivity contribution is 8.01. The number of unbranched alkanes of at least 4 members (excludes halogenated alkanes) is 1. The number of carboxylic acids is 1. The number of para-hydroxylation sites is 1. The molecule has 0 bridgehead atoms. The first kappa shape index (κ1) is 27.4. The van der Waals surface area contributed by atoms with Gasteiger partial charge in [0.15, 0.2) is 0 Å². The van der Waals surface area contributed by atoms with E-state index in [0.717, 1.165) is 17.7 Å². The van der Waals surface area contributed by atoms with Crippen molar-refractivity contribution in [3.05, 3.63) is 29.8 Å². The van der Waals surface area contributed by atoms with Crippen molar-refractivity contribution in [3.63, 3.8) is 0 Å². The Morgan fingerprint density at radius 3 is 2.50 bits per heavy atom. The number of amides is 6. The highest BCUT2D eigenvalue weighted by atomic mass is 32.2. The summed E-state index contributed by atoms with van der Waals surface area (Å²) in [6.45, 7) is 6.27. The highest BCUT2D eigenvalue weighted by Gasteiger charge is 2.64. The standard InChI is InChI=1S/C25H31N5O7S/c1-4-5-10-28-11-12-29(21(34)20(28)33)24(37)26-15-9-7-6-8-14(15)13-16(31)27-17-19(32)30-18(23(35)36)25(2,3)38-22(17)30/h6-9,17-18,22H,4-5,10-13H2,1-3H3,(H,26,37)(H,27,31)(H,35,36)/t17?,18-,22+/m0/s1. The van der Waals surface area contributed by atoms with E-state index in [1.165, 1.54) is 21.6 Å². The van der Waals surface area contributed by atoms with Gasteiger partial charge >= 0.3 is 23.8 Å². The zero-order chi connectivity index (χ0) is 27.8. The van der Waals surface area contributed by atoms with Gasteiger partial charge in [0.1, 0.15) is 17.5 Å². The minimum atomic E-state index is -1.09. The Kier molecular flexibility index (Phi) is 7.68. The summed E-state index contributed by atoms with van der Waals surface area (Å²) >= 11 is 1.33. The monoisotopic (exact) mass is 545 g/mol. The lowest BCUT2D eigenvalue weighted by atomic mass is 9.96. The number of nitrogens with zero attached hydrogens (tertiary/aromatic N) is 3. The van der Waals surface area contributed by atoms with E-state index < -0.39 is 57.8 Å². The van der Waals surface area contributed by atoms with E-state index in [1.54, 1.807) is 38.1 Å². The molecular weight excluding hydrogens is 514 g/mol. The number of imide groups is 1. The number of benzene rings is 1. The fraction of sp³-hybridized carbons (Fsp3) is 0.520. The molecule has 1 unspecified atom stereocenters. The molecule has 3 aliphatic heterocycles. The van der Waals surface area contributed by atoms with Crippen molar-refractivity contribution in [2.24, 2.45) is 0 Å². The molecule has 3 atom stereocenters. The molecule has 1 aromatic rings. The fourth-order valence-corrected chi connectivity index (χ4v) is 6.58. The van der Waals surface area contributed by atoms with E-state index in [-0.39, 0.29) is 19.5 Å². The Balaban J connectivity index is 1.37. The number of fused-ring (bicyclic) bond motifs is 1. The largest absolute Gasteiger partial charge is 0.480 e. The van der Waals surface area contributed by atoms with Gasteiger partial charge in [0.2, 0.25) is 11.8 Å². The Labute approximate surface area is 224 Å². The second kappa shape index (κ2) is 10.6. The first-order valence-electron chi connectivity index (χ1n) is 12.5. The van der Waals surface area contributed by atoms with Crippen molar-refractivity contribution >= 4 is 53.1 Å². The normalized spacial score (nSPS) is 24.1. The maximum absolute atomic E-state index is 12.9. The van der Waals surface area contributed by atoms with Crippen LogP contribution in [-0.4, -0.2) is 97.3 Å². The van der Waals surface area contributed by atoms with Crippen molar-refractivity contribution < 1.29 is 33.9 Å². The maximum atomic E-state index is 12.9. The van der Waals surface area contributed by atoms with Crippen LogP contribution in [0.25, 0.3) is 0 Å². The van der Waals surface area contributed by atoms with Crippen LogP contribution in [0.15, 0.2) is 24.3 Å². The van der Waals surface area contributed by atoms with Crippen molar-refractivity contribution in [2.75, 3.05) is 25.0 Å². The third-order valence-electron chi connectivity index (χ3n) is 6.94. The molecule has 1 aromatic carbocycles. The molecule has 0 saturated carbocycles. The van der Waals surface area contributed by atoms with Crippen LogP contribution in [0.4, 0.5) is 10.5 Å². The summed E-state index contributed by atoms with van der Waals surface area (Å²) in [6.07, 6.45) is 1.48. The van der Waals surface area contributed by atoms with E-state index >= 15 is 0 Å². The molecular formula is C25H31N5O7S. The molecule has 3 saturated heterocycles. The minimum absolute atomic E-state index is 0.0653. The molecule has 3 fully saturated rings. The summed E-state index contributed by atoms with van der Waals surface area (Å²) in [4.78, 5) is 78.6. The van der Waals surface area contributed by atoms with Gasteiger partial charge in [0, 0.05) is 30.1 Å². The summed E-state index contributed by atoms with van der Waals surface area (Å²) in [5, 5.41) is 14.4. The number of piperazine rings is 1. The van der Waals surface area contributed by atoms with Gasteiger partial charge < -0.3 is 25.5 Å².